The third-order valence-electron chi connectivity index (χ3n) is 5.79. The van der Waals surface area contributed by atoms with Gasteiger partial charge in [-0.25, -0.2) is 14.6 Å². The van der Waals surface area contributed by atoms with Crippen molar-refractivity contribution in [3.8, 4) is 28.5 Å². The van der Waals surface area contributed by atoms with Crippen LogP contribution in [-0.4, -0.2) is 55.3 Å². The van der Waals surface area contributed by atoms with Crippen LogP contribution < -0.4 is 4.74 Å². The van der Waals surface area contributed by atoms with Gasteiger partial charge in [0.15, 0.2) is 12.1 Å². The van der Waals surface area contributed by atoms with Gasteiger partial charge >= 0.3 is 5.97 Å². The number of carbonyl (C=O) groups excluding carboxylic acids is 1. The van der Waals surface area contributed by atoms with Crippen LogP contribution >= 0.6 is 0 Å². The van der Waals surface area contributed by atoms with E-state index in [9.17, 15) is 4.79 Å². The average Bonchev–Trinajstić information content (AvgIpc) is 3.49. The van der Waals surface area contributed by atoms with Gasteiger partial charge < -0.3 is 14.2 Å². The lowest BCUT2D eigenvalue weighted by atomic mass is 10.1. The second-order valence-corrected chi connectivity index (χ2v) is 8.73. The maximum atomic E-state index is 11.6. The number of methoxy groups -OCH3 is 1. The van der Waals surface area contributed by atoms with Crippen LogP contribution in [0, 0.1) is 0 Å². The van der Waals surface area contributed by atoms with E-state index in [1.807, 2.05) is 36.7 Å². The maximum absolute atomic E-state index is 11.6. The summed E-state index contributed by atoms with van der Waals surface area (Å²) in [7, 11) is 1.35. The molecule has 0 bridgehead atoms. The largest absolute Gasteiger partial charge is 0.491 e. The second-order valence-electron chi connectivity index (χ2n) is 8.73. The van der Waals surface area contributed by atoms with Crippen molar-refractivity contribution in [1.82, 2.24) is 29.5 Å². The van der Waals surface area contributed by atoms with E-state index in [4.69, 9.17) is 24.3 Å². The van der Waals surface area contributed by atoms with Crippen molar-refractivity contribution in [2.24, 2.45) is 0 Å². The summed E-state index contributed by atoms with van der Waals surface area (Å²) in [4.78, 5) is 20.9. The highest BCUT2D eigenvalue weighted by atomic mass is 16.5. The fourth-order valence-electron chi connectivity index (χ4n) is 4.18. The molecule has 0 aliphatic carbocycles. The van der Waals surface area contributed by atoms with Gasteiger partial charge in [0.05, 0.1) is 30.6 Å². The molecule has 1 unspecified atom stereocenters. The Morgan fingerprint density at radius 1 is 1.26 bits per heavy atom. The van der Waals surface area contributed by atoms with Crippen molar-refractivity contribution in [1.29, 1.82) is 0 Å². The molecular formula is C25H28N6O4. The average molecular weight is 477 g/mol. The van der Waals surface area contributed by atoms with Gasteiger partial charge in [0.2, 0.25) is 0 Å². The Bertz CT molecular complexity index is 1340. The summed E-state index contributed by atoms with van der Waals surface area (Å²) in [6.07, 6.45) is 8.10. The van der Waals surface area contributed by atoms with E-state index < -0.39 is 0 Å². The summed E-state index contributed by atoms with van der Waals surface area (Å²) >= 11 is 0. The molecule has 1 fully saturated rings. The van der Waals surface area contributed by atoms with Crippen LogP contribution in [0.5, 0.6) is 5.75 Å². The van der Waals surface area contributed by atoms with Crippen LogP contribution in [0.15, 0.2) is 42.9 Å². The topological polar surface area (TPSA) is 106 Å². The molecule has 3 aromatic heterocycles. The molecule has 1 aromatic carbocycles. The van der Waals surface area contributed by atoms with Gasteiger partial charge in [-0.05, 0) is 57.4 Å². The molecule has 0 radical (unpaired) electrons. The van der Waals surface area contributed by atoms with Crippen molar-refractivity contribution in [2.45, 2.75) is 52.0 Å². The zero-order chi connectivity index (χ0) is 24.4. The summed E-state index contributed by atoms with van der Waals surface area (Å²) in [5.74, 6) is 0.881. The van der Waals surface area contributed by atoms with Gasteiger partial charge in [-0.1, -0.05) is 0 Å². The molecule has 1 atom stereocenters. The summed E-state index contributed by atoms with van der Waals surface area (Å²) < 4.78 is 20.2. The highest BCUT2D eigenvalue weighted by Gasteiger charge is 2.23. The minimum absolute atomic E-state index is 0.0313. The Morgan fingerprint density at radius 3 is 2.91 bits per heavy atom. The minimum atomic E-state index is -0.371. The van der Waals surface area contributed by atoms with E-state index in [-0.39, 0.29) is 24.8 Å². The standard InChI is InChI=1S/C25H28N6O4/c1-16(2)35-18-7-8-21-19(12-18)24(29-31(21)22-6-4-5-11-34-22)25-26-10-9-20(28-25)17-13-27-30(14-17)15-23(32)33-3/h7-10,12-14,16,22H,4-6,11,15H2,1-3H3. The van der Waals surface area contributed by atoms with Crippen LogP contribution in [0.4, 0.5) is 0 Å². The molecule has 1 saturated heterocycles. The Balaban J connectivity index is 1.56. The number of rotatable bonds is 7. The van der Waals surface area contributed by atoms with Crippen molar-refractivity contribution >= 4 is 16.9 Å². The zero-order valence-corrected chi connectivity index (χ0v) is 20.0. The van der Waals surface area contributed by atoms with Crippen LogP contribution in [0.25, 0.3) is 33.7 Å². The lowest BCUT2D eigenvalue weighted by Gasteiger charge is -2.23. The molecule has 4 heterocycles. The number of fused-ring (bicyclic) bond motifs is 1. The summed E-state index contributed by atoms with van der Waals surface area (Å²) in [6, 6.07) is 7.77. The molecule has 1 aliphatic heterocycles. The first kappa shape index (κ1) is 23.0. The van der Waals surface area contributed by atoms with Crippen molar-refractivity contribution in [2.75, 3.05) is 13.7 Å². The molecule has 5 rings (SSSR count). The fourth-order valence-corrected chi connectivity index (χ4v) is 4.18. The fraction of sp³-hybridized carbons (Fsp3) is 0.400. The number of benzene rings is 1. The van der Waals surface area contributed by atoms with Crippen molar-refractivity contribution < 1.29 is 19.0 Å². The van der Waals surface area contributed by atoms with Gasteiger partial charge in [-0.2, -0.15) is 10.2 Å². The summed E-state index contributed by atoms with van der Waals surface area (Å²) in [5, 5.41) is 10.1. The first-order valence-corrected chi connectivity index (χ1v) is 11.8. The lowest BCUT2D eigenvalue weighted by molar-refractivity contribution is -0.141. The second kappa shape index (κ2) is 9.83. The molecule has 0 amide bonds. The molecule has 0 spiro atoms. The van der Waals surface area contributed by atoms with Gasteiger partial charge in [0, 0.05) is 30.0 Å². The Morgan fingerprint density at radius 2 is 2.14 bits per heavy atom. The molecule has 35 heavy (non-hydrogen) atoms. The molecule has 0 saturated carbocycles. The molecule has 182 valence electrons. The number of esters is 1. The Hall–Kier alpha value is -3.79. The molecule has 10 heteroatoms. The maximum Gasteiger partial charge on any atom is 0.327 e. The Kier molecular flexibility index (Phi) is 6.45. The molecular weight excluding hydrogens is 448 g/mol. The molecule has 0 N–H and O–H groups in total. The van der Waals surface area contributed by atoms with E-state index >= 15 is 0 Å². The highest BCUT2D eigenvalue weighted by molar-refractivity contribution is 5.93. The normalized spacial score (nSPS) is 16.1. The van der Waals surface area contributed by atoms with E-state index in [1.54, 1.807) is 24.7 Å². The van der Waals surface area contributed by atoms with Gasteiger partial charge in [-0.15, -0.1) is 0 Å². The number of nitrogens with zero attached hydrogens (tertiary/aromatic N) is 6. The highest BCUT2D eigenvalue weighted by Crippen LogP contribution is 2.34. The van der Waals surface area contributed by atoms with Crippen LogP contribution in [-0.2, 0) is 20.8 Å². The first-order chi connectivity index (χ1) is 17.0. The minimum Gasteiger partial charge on any atom is -0.491 e. The number of carbonyl (C=O) groups is 1. The third kappa shape index (κ3) is 4.88. The van der Waals surface area contributed by atoms with E-state index in [0.29, 0.717) is 17.2 Å². The van der Waals surface area contributed by atoms with Crippen LogP contribution in [0.2, 0.25) is 0 Å². The van der Waals surface area contributed by atoms with Crippen molar-refractivity contribution in [3.05, 3.63) is 42.9 Å². The quantitative estimate of drug-likeness (QED) is 0.368. The first-order valence-electron chi connectivity index (χ1n) is 11.8. The SMILES string of the molecule is COC(=O)Cn1cc(-c2ccnc(-c3nn(C4CCCCO4)c4ccc(OC(C)C)cc34)n2)cn1. The summed E-state index contributed by atoms with van der Waals surface area (Å²) in [5.41, 5.74) is 3.05. The van der Waals surface area contributed by atoms with Gasteiger partial charge in [0.1, 0.15) is 18.0 Å². The monoisotopic (exact) mass is 476 g/mol. The zero-order valence-electron chi connectivity index (χ0n) is 20.0. The smallest absolute Gasteiger partial charge is 0.327 e. The van der Waals surface area contributed by atoms with E-state index in [2.05, 4.69) is 10.1 Å². The van der Waals surface area contributed by atoms with Crippen molar-refractivity contribution in [3.63, 3.8) is 0 Å². The number of ether oxygens (including phenoxy) is 3. The van der Waals surface area contributed by atoms with E-state index in [1.165, 1.54) is 11.8 Å². The van der Waals surface area contributed by atoms with Gasteiger partial charge in [0.25, 0.3) is 0 Å². The molecule has 10 nitrogen and oxygen atoms in total. The van der Waals surface area contributed by atoms with E-state index in [0.717, 1.165) is 48.1 Å². The summed E-state index contributed by atoms with van der Waals surface area (Å²) in [6.45, 7) is 4.75. The third-order valence-corrected chi connectivity index (χ3v) is 5.79. The molecule has 4 aromatic rings. The predicted octanol–water partition coefficient (Wildman–Crippen LogP) is 4.02. The lowest BCUT2D eigenvalue weighted by Crippen LogP contribution is -2.19. The van der Waals surface area contributed by atoms with Gasteiger partial charge in [-0.3, -0.25) is 9.48 Å². The predicted molar refractivity (Wildman–Crippen MR) is 129 cm³/mol. The van der Waals surface area contributed by atoms with Crippen LogP contribution in [0.3, 0.4) is 0 Å². The molecule has 1 aliphatic rings. The van der Waals surface area contributed by atoms with Crippen LogP contribution in [0.1, 0.15) is 39.3 Å². The Labute approximate surface area is 202 Å². The number of hydrogen-bond donors (Lipinski definition) is 0. The number of aromatic nitrogens is 6. The number of hydrogen-bond acceptors (Lipinski definition) is 8.